The van der Waals surface area contributed by atoms with Gasteiger partial charge in [-0.25, -0.2) is 0 Å². The van der Waals surface area contributed by atoms with Gasteiger partial charge in [-0.05, 0) is 24.6 Å². The maximum Gasteiger partial charge on any atom is 0.534 e. The van der Waals surface area contributed by atoms with Crippen molar-refractivity contribution in [3.63, 3.8) is 0 Å². The Morgan fingerprint density at radius 3 is 2.48 bits per heavy atom. The Balaban J connectivity index is 2.41. The number of nitrogens with one attached hydrogen (secondary N) is 1. The van der Waals surface area contributed by atoms with Crippen molar-refractivity contribution in [2.24, 2.45) is 0 Å². The predicted octanol–water partition coefficient (Wildman–Crippen LogP) is 1.64. The molecule has 0 unspecified atom stereocenters. The summed E-state index contributed by atoms with van der Waals surface area (Å²) in [6, 6.07) is 2.22. The summed E-state index contributed by atoms with van der Waals surface area (Å²) in [6.45, 7) is 0.725. The van der Waals surface area contributed by atoms with Gasteiger partial charge in [-0.1, -0.05) is 15.9 Å². The lowest BCUT2D eigenvalue weighted by Gasteiger charge is -2.17. The maximum atomic E-state index is 12.6. The molecule has 0 saturated carbocycles. The van der Waals surface area contributed by atoms with E-state index in [1.54, 1.807) is 0 Å². The summed E-state index contributed by atoms with van der Waals surface area (Å²) in [5.41, 5.74) is -5.91. The van der Waals surface area contributed by atoms with Crippen molar-refractivity contribution in [1.29, 1.82) is 0 Å². The van der Waals surface area contributed by atoms with E-state index < -0.39 is 39.8 Å². The molecule has 1 aromatic rings. The quantitative estimate of drug-likeness (QED) is 0.367. The second-order valence-corrected chi connectivity index (χ2v) is 7.67. The number of alkyl halides is 3. The van der Waals surface area contributed by atoms with Gasteiger partial charge < -0.3 is 14.6 Å². The van der Waals surface area contributed by atoms with Gasteiger partial charge in [-0.15, -0.1) is 0 Å². The molecule has 0 saturated heterocycles. The van der Waals surface area contributed by atoms with Crippen LogP contribution in [0.5, 0.6) is 5.75 Å². The standard InChI is InChI=1S/C14H12BrF3N2O6S/c1-7-4-11(26-27(24,25)14(16,17)18)9(5-8(7)15)19-10-6-12(22)20(2-3-21)13(10)23/h4-6,19,21H,2-3H2,1H3. The average Bonchev–Trinajstić information content (AvgIpc) is 2.79. The van der Waals surface area contributed by atoms with Crippen molar-refractivity contribution in [1.82, 2.24) is 4.90 Å². The number of amides is 2. The molecule has 0 bridgehead atoms. The lowest BCUT2D eigenvalue weighted by Crippen LogP contribution is -2.34. The Kier molecular flexibility index (Phi) is 5.87. The van der Waals surface area contributed by atoms with Crippen molar-refractivity contribution in [2.45, 2.75) is 12.4 Å². The van der Waals surface area contributed by atoms with E-state index in [-0.39, 0.29) is 17.9 Å². The van der Waals surface area contributed by atoms with Gasteiger partial charge >= 0.3 is 15.6 Å². The smallest absolute Gasteiger partial charge is 0.395 e. The van der Waals surface area contributed by atoms with Crippen molar-refractivity contribution in [3.05, 3.63) is 33.9 Å². The molecule has 27 heavy (non-hydrogen) atoms. The molecule has 1 aliphatic rings. The fourth-order valence-electron chi connectivity index (χ4n) is 2.04. The number of benzene rings is 1. The molecule has 2 rings (SSSR count). The van der Waals surface area contributed by atoms with E-state index in [0.717, 1.165) is 12.1 Å². The molecule has 0 radical (unpaired) electrons. The fourth-order valence-corrected chi connectivity index (χ4v) is 2.85. The van der Waals surface area contributed by atoms with Crippen LogP contribution in [-0.2, 0) is 19.7 Å². The first kappa shape index (κ1) is 21.2. The van der Waals surface area contributed by atoms with Crippen LogP contribution in [0.25, 0.3) is 0 Å². The summed E-state index contributed by atoms with van der Waals surface area (Å²) >= 11 is 3.13. The van der Waals surface area contributed by atoms with Crippen LogP contribution in [0.3, 0.4) is 0 Å². The highest BCUT2D eigenvalue weighted by Crippen LogP contribution is 2.36. The van der Waals surface area contributed by atoms with Crippen LogP contribution >= 0.6 is 15.9 Å². The van der Waals surface area contributed by atoms with Crippen molar-refractivity contribution in [3.8, 4) is 5.75 Å². The van der Waals surface area contributed by atoms with E-state index in [2.05, 4.69) is 25.4 Å². The molecule has 148 valence electrons. The number of hydrogen-bond acceptors (Lipinski definition) is 7. The number of aliphatic hydroxyl groups is 1. The molecule has 2 amide bonds. The zero-order valence-electron chi connectivity index (χ0n) is 13.5. The monoisotopic (exact) mass is 472 g/mol. The lowest BCUT2D eigenvalue weighted by atomic mass is 10.2. The minimum Gasteiger partial charge on any atom is -0.395 e. The number of imide groups is 1. The van der Waals surface area contributed by atoms with Crippen LogP contribution in [0.2, 0.25) is 0 Å². The Labute approximate surface area is 159 Å². The molecule has 2 N–H and O–H groups in total. The van der Waals surface area contributed by atoms with Crippen LogP contribution in [0, 0.1) is 6.92 Å². The maximum absolute atomic E-state index is 12.6. The summed E-state index contributed by atoms with van der Waals surface area (Å²) in [6.07, 6.45) is 0.869. The first-order valence-corrected chi connectivity index (χ1v) is 9.34. The number of hydrogen-bond donors (Lipinski definition) is 2. The molecule has 1 heterocycles. The summed E-state index contributed by atoms with van der Waals surface area (Å²) in [4.78, 5) is 24.6. The Bertz CT molecular complexity index is 930. The highest BCUT2D eigenvalue weighted by molar-refractivity contribution is 9.10. The molecule has 0 aromatic heterocycles. The first-order chi connectivity index (χ1) is 12.4. The molecule has 8 nitrogen and oxygen atoms in total. The molecule has 0 atom stereocenters. The third-order valence-corrected chi connectivity index (χ3v) is 5.17. The van der Waals surface area contributed by atoms with Gasteiger partial charge in [0.25, 0.3) is 11.8 Å². The van der Waals surface area contributed by atoms with Gasteiger partial charge in [0, 0.05) is 10.5 Å². The van der Waals surface area contributed by atoms with E-state index in [1.165, 1.54) is 13.0 Å². The second kappa shape index (κ2) is 7.48. The van der Waals surface area contributed by atoms with Crippen molar-refractivity contribution < 1.29 is 40.5 Å². The highest BCUT2D eigenvalue weighted by atomic mass is 79.9. The highest BCUT2D eigenvalue weighted by Gasteiger charge is 2.49. The first-order valence-electron chi connectivity index (χ1n) is 7.13. The van der Waals surface area contributed by atoms with Gasteiger partial charge in [0.05, 0.1) is 18.8 Å². The minimum absolute atomic E-state index is 0.275. The van der Waals surface area contributed by atoms with Gasteiger partial charge in [-0.3, -0.25) is 14.5 Å². The number of nitrogens with zero attached hydrogens (tertiary/aromatic N) is 1. The zero-order chi connectivity index (χ0) is 20.6. The molecule has 0 spiro atoms. The van der Waals surface area contributed by atoms with E-state index in [1.807, 2.05) is 0 Å². The van der Waals surface area contributed by atoms with Gasteiger partial charge in [0.1, 0.15) is 5.70 Å². The third kappa shape index (κ3) is 4.42. The number of halogens is 4. The average molecular weight is 473 g/mol. The number of β-amino-alcohol motifs (C(OH)–C–C–N with tert-alkyl or cyclic N) is 1. The second-order valence-electron chi connectivity index (χ2n) is 5.28. The summed E-state index contributed by atoms with van der Waals surface area (Å²) in [7, 11) is -5.95. The Hall–Kier alpha value is -2.12. The topological polar surface area (TPSA) is 113 Å². The van der Waals surface area contributed by atoms with Crippen LogP contribution in [0.1, 0.15) is 5.56 Å². The lowest BCUT2D eigenvalue weighted by molar-refractivity contribution is -0.137. The molecular weight excluding hydrogens is 461 g/mol. The largest absolute Gasteiger partial charge is 0.534 e. The Morgan fingerprint density at radius 2 is 1.93 bits per heavy atom. The van der Waals surface area contributed by atoms with E-state index in [9.17, 15) is 31.2 Å². The fraction of sp³-hybridized carbons (Fsp3) is 0.286. The van der Waals surface area contributed by atoms with Crippen LogP contribution in [-0.4, -0.2) is 48.9 Å². The van der Waals surface area contributed by atoms with Gasteiger partial charge in [-0.2, -0.15) is 21.6 Å². The molecule has 0 fully saturated rings. The summed E-state index contributed by atoms with van der Waals surface area (Å²) in [5.74, 6) is -2.29. The molecule has 1 aromatic carbocycles. The number of anilines is 1. The molecule has 0 aliphatic carbocycles. The number of rotatable bonds is 6. The van der Waals surface area contributed by atoms with E-state index in [4.69, 9.17) is 5.11 Å². The predicted molar refractivity (Wildman–Crippen MR) is 90.0 cm³/mol. The molecular formula is C14H12BrF3N2O6S. The summed E-state index contributed by atoms with van der Waals surface area (Å²) in [5, 5.41) is 11.3. The SMILES string of the molecule is Cc1cc(OS(=O)(=O)C(F)(F)F)c(NC2=CC(=O)N(CCO)C2=O)cc1Br. The van der Waals surface area contributed by atoms with Crippen LogP contribution in [0.15, 0.2) is 28.4 Å². The van der Waals surface area contributed by atoms with Gasteiger partial charge in [0.2, 0.25) is 0 Å². The van der Waals surface area contributed by atoms with Crippen LogP contribution in [0.4, 0.5) is 18.9 Å². The number of carbonyl (C=O) groups excluding carboxylic acids is 2. The summed E-state index contributed by atoms with van der Waals surface area (Å²) < 4.78 is 65.0. The zero-order valence-corrected chi connectivity index (χ0v) is 15.9. The van der Waals surface area contributed by atoms with Crippen LogP contribution < -0.4 is 9.50 Å². The minimum atomic E-state index is -5.95. The van der Waals surface area contributed by atoms with Crippen molar-refractivity contribution in [2.75, 3.05) is 18.5 Å². The molecule has 13 heteroatoms. The van der Waals surface area contributed by atoms with Crippen molar-refractivity contribution >= 4 is 43.5 Å². The number of carbonyl (C=O) groups is 2. The normalized spacial score (nSPS) is 15.2. The van der Waals surface area contributed by atoms with E-state index in [0.29, 0.717) is 14.9 Å². The third-order valence-electron chi connectivity index (χ3n) is 3.35. The number of aliphatic hydroxyl groups excluding tert-OH is 1. The Morgan fingerprint density at radius 1 is 1.30 bits per heavy atom. The van der Waals surface area contributed by atoms with Gasteiger partial charge in [0.15, 0.2) is 5.75 Å². The number of aryl methyl sites for hydroxylation is 1. The van der Waals surface area contributed by atoms with E-state index >= 15 is 0 Å². The molecule has 1 aliphatic heterocycles.